The minimum Gasteiger partial charge on any atom is -0.325 e. The predicted octanol–water partition coefficient (Wildman–Crippen LogP) is 4.82. The highest BCUT2D eigenvalue weighted by atomic mass is 35.5. The second-order valence-electron chi connectivity index (χ2n) is 4.98. The maximum atomic E-state index is 13.1. The van der Waals surface area contributed by atoms with Crippen molar-refractivity contribution in [2.24, 2.45) is 0 Å². The second-order valence-corrected chi connectivity index (χ2v) is 6.72. The first-order valence-corrected chi connectivity index (χ1v) is 8.40. The molecule has 1 atom stereocenters. The lowest BCUT2D eigenvalue weighted by molar-refractivity contribution is -0.384. The molecule has 2 aromatic carbocycles. The third kappa shape index (κ3) is 4.94. The average molecular weight is 369 g/mol. The molecule has 2 rings (SSSR count). The molecule has 1 N–H and O–H groups in total. The number of benzene rings is 2. The molecule has 8 heteroatoms. The van der Waals surface area contributed by atoms with Gasteiger partial charge in [0.15, 0.2) is 0 Å². The molecular formula is C16H14ClFN2O3S. The molecule has 0 heterocycles. The minimum atomic E-state index is -0.552. The zero-order chi connectivity index (χ0) is 17.7. The fraction of sp³-hybridized carbons (Fsp3) is 0.188. The Morgan fingerprint density at radius 3 is 2.79 bits per heavy atom. The number of non-ortho nitro benzene ring substituents is 1. The quantitative estimate of drug-likeness (QED) is 0.586. The Kier molecular flexibility index (Phi) is 6.16. The molecule has 0 radical (unpaired) electrons. The van der Waals surface area contributed by atoms with Gasteiger partial charge < -0.3 is 5.32 Å². The van der Waals surface area contributed by atoms with Crippen molar-refractivity contribution in [2.45, 2.75) is 12.2 Å². The van der Waals surface area contributed by atoms with Crippen LogP contribution in [0.4, 0.5) is 15.8 Å². The first-order chi connectivity index (χ1) is 11.4. The number of thioether (sulfide) groups is 1. The number of nitro benzene ring substituents is 1. The monoisotopic (exact) mass is 368 g/mol. The van der Waals surface area contributed by atoms with Gasteiger partial charge in [0.05, 0.1) is 15.7 Å². The van der Waals surface area contributed by atoms with Crippen molar-refractivity contribution in [3.05, 3.63) is 69.0 Å². The summed E-state index contributed by atoms with van der Waals surface area (Å²) >= 11 is 7.00. The molecule has 0 spiro atoms. The Morgan fingerprint density at radius 1 is 1.38 bits per heavy atom. The van der Waals surface area contributed by atoms with Gasteiger partial charge in [0, 0.05) is 23.1 Å². The van der Waals surface area contributed by atoms with Crippen molar-refractivity contribution < 1.29 is 14.1 Å². The summed E-state index contributed by atoms with van der Waals surface area (Å²) in [4.78, 5) is 22.3. The van der Waals surface area contributed by atoms with E-state index in [2.05, 4.69) is 5.32 Å². The van der Waals surface area contributed by atoms with E-state index in [0.717, 1.165) is 5.56 Å². The van der Waals surface area contributed by atoms with Crippen LogP contribution >= 0.6 is 23.4 Å². The molecule has 0 fully saturated rings. The Labute approximate surface area is 147 Å². The van der Waals surface area contributed by atoms with Crippen LogP contribution < -0.4 is 5.32 Å². The van der Waals surface area contributed by atoms with E-state index in [4.69, 9.17) is 11.6 Å². The lowest BCUT2D eigenvalue weighted by Crippen LogP contribution is -2.14. The van der Waals surface area contributed by atoms with Crippen molar-refractivity contribution in [2.75, 3.05) is 11.1 Å². The molecule has 0 bridgehead atoms. The van der Waals surface area contributed by atoms with Gasteiger partial charge in [0.2, 0.25) is 5.91 Å². The number of anilines is 1. The van der Waals surface area contributed by atoms with Crippen LogP contribution in [0.1, 0.15) is 17.7 Å². The number of nitrogens with one attached hydrogen (secondary N) is 1. The van der Waals surface area contributed by atoms with Crippen molar-refractivity contribution in [1.82, 2.24) is 0 Å². The third-order valence-electron chi connectivity index (χ3n) is 3.22. The molecule has 2 aromatic rings. The third-order valence-corrected chi connectivity index (χ3v) is 4.71. The summed E-state index contributed by atoms with van der Waals surface area (Å²) in [5.74, 6) is -0.665. The van der Waals surface area contributed by atoms with E-state index in [1.54, 1.807) is 12.1 Å². The lowest BCUT2D eigenvalue weighted by Gasteiger charge is -2.12. The second kappa shape index (κ2) is 8.12. The predicted molar refractivity (Wildman–Crippen MR) is 94.0 cm³/mol. The molecule has 5 nitrogen and oxygen atoms in total. The number of nitrogens with zero attached hydrogens (tertiary/aromatic N) is 1. The van der Waals surface area contributed by atoms with Crippen LogP contribution in [0.15, 0.2) is 42.5 Å². The Balaban J connectivity index is 1.92. The van der Waals surface area contributed by atoms with Gasteiger partial charge in [-0.15, -0.1) is 11.8 Å². The van der Waals surface area contributed by atoms with Crippen LogP contribution in [-0.4, -0.2) is 16.6 Å². The molecule has 126 valence electrons. The van der Waals surface area contributed by atoms with E-state index in [-0.39, 0.29) is 27.6 Å². The summed E-state index contributed by atoms with van der Waals surface area (Å²) in [6.07, 6.45) is 0. The van der Waals surface area contributed by atoms with Crippen molar-refractivity contribution in [3.8, 4) is 0 Å². The highest BCUT2D eigenvalue weighted by Crippen LogP contribution is 2.30. The first-order valence-electron chi connectivity index (χ1n) is 6.97. The summed E-state index contributed by atoms with van der Waals surface area (Å²) in [7, 11) is 0. The molecule has 0 saturated heterocycles. The maximum absolute atomic E-state index is 13.1. The number of carbonyl (C=O) groups excluding carboxylic acids is 1. The van der Waals surface area contributed by atoms with Crippen LogP contribution in [-0.2, 0) is 4.79 Å². The summed E-state index contributed by atoms with van der Waals surface area (Å²) < 4.78 is 13.1. The van der Waals surface area contributed by atoms with Crippen LogP contribution in [0.5, 0.6) is 0 Å². The van der Waals surface area contributed by atoms with Gasteiger partial charge in [-0.05, 0) is 30.7 Å². The van der Waals surface area contributed by atoms with Gasteiger partial charge in [-0.3, -0.25) is 14.9 Å². The molecule has 0 aliphatic rings. The number of nitro groups is 1. The topological polar surface area (TPSA) is 72.2 Å². The largest absolute Gasteiger partial charge is 0.325 e. The molecule has 0 aliphatic heterocycles. The van der Waals surface area contributed by atoms with Crippen molar-refractivity contribution >= 4 is 40.6 Å². The van der Waals surface area contributed by atoms with E-state index in [1.807, 2.05) is 6.92 Å². The Morgan fingerprint density at radius 2 is 2.12 bits per heavy atom. The van der Waals surface area contributed by atoms with Crippen LogP contribution in [0.2, 0.25) is 5.02 Å². The molecule has 0 unspecified atom stereocenters. The van der Waals surface area contributed by atoms with E-state index >= 15 is 0 Å². The van der Waals surface area contributed by atoms with E-state index in [9.17, 15) is 19.3 Å². The summed E-state index contributed by atoms with van der Waals surface area (Å²) in [5.41, 5.74) is 1.20. The van der Waals surface area contributed by atoms with Gasteiger partial charge in [-0.2, -0.15) is 0 Å². The normalized spacial score (nSPS) is 11.8. The summed E-state index contributed by atoms with van der Waals surface area (Å²) in [5, 5.41) is 13.3. The molecule has 0 aliphatic carbocycles. The highest BCUT2D eigenvalue weighted by molar-refractivity contribution is 8.00. The van der Waals surface area contributed by atoms with Gasteiger partial charge in [-0.25, -0.2) is 4.39 Å². The number of hydrogen-bond donors (Lipinski definition) is 1. The van der Waals surface area contributed by atoms with Crippen LogP contribution in [0.3, 0.4) is 0 Å². The number of rotatable bonds is 6. The van der Waals surface area contributed by atoms with Crippen LogP contribution in [0, 0.1) is 15.9 Å². The van der Waals surface area contributed by atoms with Crippen molar-refractivity contribution in [3.63, 3.8) is 0 Å². The van der Waals surface area contributed by atoms with Gasteiger partial charge in [0.25, 0.3) is 5.69 Å². The minimum absolute atomic E-state index is 0.0188. The number of hydrogen-bond acceptors (Lipinski definition) is 4. The standard InChI is InChI=1S/C16H14ClFN2O3S/c1-10(11-3-2-4-13(7-11)20(22)23)24-9-16(21)19-12-5-6-15(18)14(17)8-12/h2-8,10H,9H2,1H3,(H,19,21)/t10-/m1/s1. The molecule has 24 heavy (non-hydrogen) atoms. The first kappa shape index (κ1) is 18.2. The fourth-order valence-electron chi connectivity index (χ4n) is 1.96. The molecule has 0 saturated carbocycles. The average Bonchev–Trinajstić information content (AvgIpc) is 2.56. The van der Waals surface area contributed by atoms with E-state index in [1.165, 1.54) is 42.1 Å². The van der Waals surface area contributed by atoms with Gasteiger partial charge >= 0.3 is 0 Å². The van der Waals surface area contributed by atoms with Crippen LogP contribution in [0.25, 0.3) is 0 Å². The lowest BCUT2D eigenvalue weighted by atomic mass is 10.1. The van der Waals surface area contributed by atoms with Gasteiger partial charge in [0.1, 0.15) is 5.82 Å². The Bertz CT molecular complexity index is 773. The van der Waals surface area contributed by atoms with Gasteiger partial charge in [-0.1, -0.05) is 23.7 Å². The molecule has 1 amide bonds. The number of carbonyl (C=O) groups is 1. The zero-order valence-electron chi connectivity index (χ0n) is 12.7. The molecule has 0 aromatic heterocycles. The van der Waals surface area contributed by atoms with E-state index < -0.39 is 10.7 Å². The Hall–Kier alpha value is -2.12. The summed E-state index contributed by atoms with van der Waals surface area (Å²) in [6.45, 7) is 1.87. The SMILES string of the molecule is C[C@@H](SCC(=O)Nc1ccc(F)c(Cl)c1)c1cccc([N+](=O)[O-])c1. The maximum Gasteiger partial charge on any atom is 0.269 e. The fourth-order valence-corrected chi connectivity index (χ4v) is 2.95. The molecular weight excluding hydrogens is 355 g/mol. The zero-order valence-corrected chi connectivity index (χ0v) is 14.2. The van der Waals surface area contributed by atoms with E-state index in [0.29, 0.717) is 5.69 Å². The highest BCUT2D eigenvalue weighted by Gasteiger charge is 2.13. The number of amides is 1. The summed E-state index contributed by atoms with van der Waals surface area (Å²) in [6, 6.07) is 10.3. The van der Waals surface area contributed by atoms with Crippen molar-refractivity contribution in [1.29, 1.82) is 0 Å². The number of halogens is 2. The smallest absolute Gasteiger partial charge is 0.269 e.